The number of rotatable bonds is 2. The van der Waals surface area contributed by atoms with E-state index < -0.39 is 0 Å². The van der Waals surface area contributed by atoms with Gasteiger partial charge >= 0.3 is 0 Å². The van der Waals surface area contributed by atoms with Crippen molar-refractivity contribution >= 4 is 6.08 Å². The Bertz CT molecular complexity index is 287. The van der Waals surface area contributed by atoms with Crippen molar-refractivity contribution in [3.05, 3.63) is 73.5 Å². The fourth-order valence-electron chi connectivity index (χ4n) is 0.672. The molecular weight excluding hydrogens is 156 g/mol. The minimum absolute atomic E-state index is 1.17. The van der Waals surface area contributed by atoms with Crippen molar-refractivity contribution < 1.29 is 0 Å². The minimum atomic E-state index is 1.17. The Balaban J connectivity index is 0.000000252. The SMILES string of the molecule is C=C=CC=C.C=Cc1ccccc1. The standard InChI is InChI=1S/C8H8.C5H6/c1-2-8-6-4-3-5-7-8;1-3-5-4-2/h2-7H,1H2;3,5H,1-2H2. The number of hydrogen-bond acceptors (Lipinski definition) is 0. The number of allylic oxidation sites excluding steroid dienone is 2. The molecule has 0 fully saturated rings. The second kappa shape index (κ2) is 8.32. The van der Waals surface area contributed by atoms with Crippen LogP contribution in [0.15, 0.2) is 68.0 Å². The zero-order valence-electron chi connectivity index (χ0n) is 7.74. The van der Waals surface area contributed by atoms with E-state index >= 15 is 0 Å². The van der Waals surface area contributed by atoms with Gasteiger partial charge in [0, 0.05) is 0 Å². The molecule has 0 atom stereocenters. The molecule has 0 heterocycles. The Labute approximate surface area is 80.2 Å². The van der Waals surface area contributed by atoms with Crippen molar-refractivity contribution in [2.45, 2.75) is 0 Å². The molecule has 0 heteroatoms. The molecule has 0 N–H and O–H groups in total. The van der Waals surface area contributed by atoms with Crippen LogP contribution in [0.4, 0.5) is 0 Å². The molecule has 0 aliphatic carbocycles. The Morgan fingerprint density at radius 2 is 1.69 bits per heavy atom. The lowest BCUT2D eigenvalue weighted by molar-refractivity contribution is 1.67. The Morgan fingerprint density at radius 1 is 1.08 bits per heavy atom. The van der Waals surface area contributed by atoms with E-state index in [1.54, 1.807) is 12.2 Å². The zero-order valence-corrected chi connectivity index (χ0v) is 7.74. The van der Waals surface area contributed by atoms with Crippen molar-refractivity contribution in [1.82, 2.24) is 0 Å². The van der Waals surface area contributed by atoms with E-state index in [0.29, 0.717) is 0 Å². The van der Waals surface area contributed by atoms with Gasteiger partial charge in [0.15, 0.2) is 0 Å². The van der Waals surface area contributed by atoms with E-state index in [1.165, 1.54) is 5.56 Å². The summed E-state index contributed by atoms with van der Waals surface area (Å²) in [5, 5.41) is 0. The second-order valence-electron chi connectivity index (χ2n) is 2.22. The van der Waals surface area contributed by atoms with Crippen molar-refractivity contribution in [2.75, 3.05) is 0 Å². The topological polar surface area (TPSA) is 0 Å². The van der Waals surface area contributed by atoms with E-state index in [-0.39, 0.29) is 0 Å². The maximum Gasteiger partial charge on any atom is -0.0212 e. The fourth-order valence-corrected chi connectivity index (χ4v) is 0.672. The van der Waals surface area contributed by atoms with Gasteiger partial charge in [0.25, 0.3) is 0 Å². The molecule has 0 aliphatic heterocycles. The first-order valence-electron chi connectivity index (χ1n) is 3.99. The van der Waals surface area contributed by atoms with Crippen molar-refractivity contribution in [3.63, 3.8) is 0 Å². The van der Waals surface area contributed by atoms with Gasteiger partial charge < -0.3 is 0 Å². The van der Waals surface area contributed by atoms with E-state index in [4.69, 9.17) is 0 Å². The minimum Gasteiger partial charge on any atom is -0.129 e. The smallest absolute Gasteiger partial charge is 0.0212 e. The molecule has 1 aromatic carbocycles. The third-order valence-electron chi connectivity index (χ3n) is 1.27. The Morgan fingerprint density at radius 3 is 1.92 bits per heavy atom. The van der Waals surface area contributed by atoms with Gasteiger partial charge in [-0.3, -0.25) is 0 Å². The molecule has 66 valence electrons. The first-order chi connectivity index (χ1) is 6.35. The van der Waals surface area contributed by atoms with E-state index in [0.717, 1.165) is 0 Å². The predicted molar refractivity (Wildman–Crippen MR) is 60.4 cm³/mol. The molecule has 0 amide bonds. The number of hydrogen-bond donors (Lipinski definition) is 0. The summed E-state index contributed by atoms with van der Waals surface area (Å²) in [5.74, 6) is 0. The van der Waals surface area contributed by atoms with Gasteiger partial charge in [-0.15, -0.1) is 5.73 Å². The summed E-state index contributed by atoms with van der Waals surface area (Å²) in [4.78, 5) is 0. The molecule has 0 spiro atoms. The molecule has 0 unspecified atom stereocenters. The molecule has 0 nitrogen and oxygen atoms in total. The van der Waals surface area contributed by atoms with Gasteiger partial charge in [0.2, 0.25) is 0 Å². The van der Waals surface area contributed by atoms with E-state index in [2.05, 4.69) is 25.5 Å². The average molecular weight is 170 g/mol. The highest BCUT2D eigenvalue weighted by Gasteiger charge is 1.75. The normalized spacial score (nSPS) is 7.08. The summed E-state index contributed by atoms with van der Waals surface area (Å²) in [7, 11) is 0. The quantitative estimate of drug-likeness (QED) is 0.467. The average Bonchev–Trinajstić information content (AvgIpc) is 2.21. The van der Waals surface area contributed by atoms with Gasteiger partial charge in [-0.05, 0) is 11.6 Å². The first kappa shape index (κ1) is 11.2. The monoisotopic (exact) mass is 170 g/mol. The highest BCUT2D eigenvalue weighted by Crippen LogP contribution is 1.97. The van der Waals surface area contributed by atoms with Crippen LogP contribution in [-0.2, 0) is 0 Å². The highest BCUT2D eigenvalue weighted by molar-refractivity contribution is 5.45. The largest absolute Gasteiger partial charge is 0.129 e. The third-order valence-corrected chi connectivity index (χ3v) is 1.27. The van der Waals surface area contributed by atoms with Crippen LogP contribution in [0, 0.1) is 0 Å². The summed E-state index contributed by atoms with van der Waals surface area (Å²) in [5.41, 5.74) is 3.70. The Kier molecular flexibility index (Phi) is 7.18. The number of benzene rings is 1. The predicted octanol–water partition coefficient (Wildman–Crippen LogP) is 3.84. The fraction of sp³-hybridized carbons (Fsp3) is 0. The van der Waals surface area contributed by atoms with Crippen molar-refractivity contribution in [1.29, 1.82) is 0 Å². The van der Waals surface area contributed by atoms with Crippen LogP contribution in [-0.4, -0.2) is 0 Å². The summed E-state index contributed by atoms with van der Waals surface area (Å²) >= 11 is 0. The van der Waals surface area contributed by atoms with Crippen LogP contribution in [0.25, 0.3) is 6.08 Å². The molecule has 13 heavy (non-hydrogen) atoms. The summed E-state index contributed by atoms with van der Waals surface area (Å²) < 4.78 is 0. The van der Waals surface area contributed by atoms with Crippen LogP contribution in [0.3, 0.4) is 0 Å². The van der Waals surface area contributed by atoms with Gasteiger partial charge in [0.1, 0.15) is 0 Å². The zero-order chi connectivity index (χ0) is 9.94. The summed E-state index contributed by atoms with van der Waals surface area (Å²) in [6, 6.07) is 10.0. The van der Waals surface area contributed by atoms with Crippen LogP contribution in [0.2, 0.25) is 0 Å². The highest BCUT2D eigenvalue weighted by atomic mass is 13.8. The molecule has 0 aromatic heterocycles. The lowest BCUT2D eigenvalue weighted by Crippen LogP contribution is -1.63. The van der Waals surface area contributed by atoms with E-state index in [1.807, 2.05) is 36.4 Å². The van der Waals surface area contributed by atoms with Gasteiger partial charge in [-0.1, -0.05) is 62.2 Å². The lowest BCUT2D eigenvalue weighted by atomic mass is 10.2. The van der Waals surface area contributed by atoms with Crippen LogP contribution < -0.4 is 0 Å². The first-order valence-corrected chi connectivity index (χ1v) is 3.99. The molecule has 0 saturated carbocycles. The Hall–Kier alpha value is -1.78. The maximum absolute atomic E-state index is 3.63. The molecule has 1 rings (SSSR count). The summed E-state index contributed by atoms with van der Waals surface area (Å²) in [6.07, 6.45) is 5.12. The van der Waals surface area contributed by atoms with Crippen LogP contribution in [0.5, 0.6) is 0 Å². The third kappa shape index (κ3) is 6.61. The van der Waals surface area contributed by atoms with Crippen molar-refractivity contribution in [2.24, 2.45) is 0 Å². The van der Waals surface area contributed by atoms with Crippen LogP contribution in [0.1, 0.15) is 5.56 Å². The molecule has 0 saturated heterocycles. The van der Waals surface area contributed by atoms with Gasteiger partial charge in [0.05, 0.1) is 0 Å². The van der Waals surface area contributed by atoms with E-state index in [9.17, 15) is 0 Å². The van der Waals surface area contributed by atoms with Crippen molar-refractivity contribution in [3.8, 4) is 0 Å². The maximum atomic E-state index is 3.63. The van der Waals surface area contributed by atoms with Crippen LogP contribution >= 0.6 is 0 Å². The molecule has 0 aliphatic rings. The van der Waals surface area contributed by atoms with Gasteiger partial charge in [-0.2, -0.15) is 0 Å². The molecule has 0 radical (unpaired) electrons. The second-order valence-corrected chi connectivity index (χ2v) is 2.22. The molecule has 1 aromatic rings. The molecule has 0 bridgehead atoms. The van der Waals surface area contributed by atoms with Gasteiger partial charge in [-0.25, -0.2) is 0 Å². The lowest BCUT2D eigenvalue weighted by Gasteiger charge is -1.85. The summed E-state index contributed by atoms with van der Waals surface area (Å²) in [6.45, 7) is 10.3. The molecular formula is C13H14.